The van der Waals surface area contributed by atoms with Crippen LogP contribution in [0.5, 0.6) is 0 Å². The second-order valence-electron chi connectivity index (χ2n) is 4.22. The molecule has 0 aliphatic carbocycles. The maximum absolute atomic E-state index is 13.8. The third-order valence-corrected chi connectivity index (χ3v) is 3.42. The van der Waals surface area contributed by atoms with Crippen molar-refractivity contribution in [3.05, 3.63) is 39.6 Å². The molecule has 0 aliphatic heterocycles. The molecular weight excluding hydrogens is 330 g/mol. The molecule has 106 valence electrons. The summed E-state index contributed by atoms with van der Waals surface area (Å²) < 4.78 is 27.3. The number of benzene rings is 1. The molecule has 4 nitrogen and oxygen atoms in total. The molecule has 0 unspecified atom stereocenters. The first kappa shape index (κ1) is 14.6. The summed E-state index contributed by atoms with van der Waals surface area (Å²) >= 11 is 2.93. The maximum atomic E-state index is 13.8. The Morgan fingerprint density at radius 1 is 1.25 bits per heavy atom. The van der Waals surface area contributed by atoms with Gasteiger partial charge in [0.15, 0.2) is 0 Å². The van der Waals surface area contributed by atoms with Crippen molar-refractivity contribution in [1.29, 1.82) is 0 Å². The number of halogens is 3. The highest BCUT2D eigenvalue weighted by molar-refractivity contribution is 9.10. The fourth-order valence-electron chi connectivity index (χ4n) is 1.61. The van der Waals surface area contributed by atoms with E-state index >= 15 is 0 Å². The summed E-state index contributed by atoms with van der Waals surface area (Å²) in [6, 6.07) is 2.11. The predicted octanol–water partition coefficient (Wildman–Crippen LogP) is 3.71. The fourth-order valence-corrected chi connectivity index (χ4v) is 1.92. The molecule has 2 aromatic rings. The Kier molecular flexibility index (Phi) is 4.17. The van der Waals surface area contributed by atoms with Crippen molar-refractivity contribution >= 4 is 33.3 Å². The molecule has 7 heteroatoms. The Bertz CT molecular complexity index is 661. The van der Waals surface area contributed by atoms with Gasteiger partial charge in [-0.1, -0.05) is 6.92 Å². The zero-order valence-electron chi connectivity index (χ0n) is 11.0. The first-order valence-corrected chi connectivity index (χ1v) is 6.76. The molecule has 0 radical (unpaired) electrons. The van der Waals surface area contributed by atoms with E-state index in [1.165, 1.54) is 0 Å². The number of nitrogens with zero attached hydrogens (tertiary/aromatic N) is 2. The van der Waals surface area contributed by atoms with Crippen LogP contribution in [0.25, 0.3) is 0 Å². The molecule has 3 N–H and O–H groups in total. The first-order chi connectivity index (χ1) is 9.42. The SMILES string of the molecule is CCc1nc(N)c(C)c(Nc2cc(F)c(Br)cc2F)n1. The Balaban J connectivity index is 2.44. The third-order valence-electron chi connectivity index (χ3n) is 2.81. The molecule has 0 fully saturated rings. The van der Waals surface area contributed by atoms with Gasteiger partial charge >= 0.3 is 0 Å². The highest BCUT2D eigenvalue weighted by atomic mass is 79.9. The van der Waals surface area contributed by atoms with Crippen LogP contribution in [0, 0.1) is 18.6 Å². The van der Waals surface area contributed by atoms with Crippen LogP contribution in [0.15, 0.2) is 16.6 Å². The van der Waals surface area contributed by atoms with Crippen molar-refractivity contribution in [2.45, 2.75) is 20.3 Å². The number of aryl methyl sites for hydroxylation is 1. The van der Waals surface area contributed by atoms with E-state index in [0.717, 1.165) is 12.1 Å². The van der Waals surface area contributed by atoms with Crippen molar-refractivity contribution in [2.24, 2.45) is 0 Å². The Labute approximate surface area is 123 Å². The quantitative estimate of drug-likeness (QED) is 0.834. The summed E-state index contributed by atoms with van der Waals surface area (Å²) in [5, 5.41) is 2.76. The van der Waals surface area contributed by atoms with Crippen LogP contribution < -0.4 is 11.1 Å². The van der Waals surface area contributed by atoms with Gasteiger partial charge in [0.1, 0.15) is 29.1 Å². The molecule has 0 spiro atoms. The standard InChI is InChI=1S/C13H13BrF2N4/c1-3-11-19-12(17)6(2)13(20-11)18-10-5-8(15)7(14)4-9(10)16/h4-5H,3H2,1-2H3,(H3,17,18,19,20). The zero-order chi connectivity index (χ0) is 14.9. The first-order valence-electron chi connectivity index (χ1n) is 5.97. The van der Waals surface area contributed by atoms with Gasteiger partial charge in [-0.25, -0.2) is 18.7 Å². The van der Waals surface area contributed by atoms with Crippen molar-refractivity contribution in [3.8, 4) is 0 Å². The normalized spacial score (nSPS) is 10.7. The summed E-state index contributed by atoms with van der Waals surface area (Å²) in [5.41, 5.74) is 6.36. The fraction of sp³-hybridized carbons (Fsp3) is 0.231. The van der Waals surface area contributed by atoms with Crippen LogP contribution in [0.2, 0.25) is 0 Å². The van der Waals surface area contributed by atoms with Crippen LogP contribution in [0.3, 0.4) is 0 Å². The van der Waals surface area contributed by atoms with E-state index in [9.17, 15) is 8.78 Å². The molecule has 1 heterocycles. The lowest BCUT2D eigenvalue weighted by Gasteiger charge is -2.12. The zero-order valence-corrected chi connectivity index (χ0v) is 12.6. The molecule has 20 heavy (non-hydrogen) atoms. The van der Waals surface area contributed by atoms with E-state index in [4.69, 9.17) is 5.73 Å². The Morgan fingerprint density at radius 3 is 2.60 bits per heavy atom. The van der Waals surface area contributed by atoms with Gasteiger partial charge in [-0.2, -0.15) is 0 Å². The van der Waals surface area contributed by atoms with Crippen LogP contribution in [-0.2, 0) is 6.42 Å². The highest BCUT2D eigenvalue weighted by Crippen LogP contribution is 2.27. The predicted molar refractivity (Wildman–Crippen MR) is 77.9 cm³/mol. The average Bonchev–Trinajstić information content (AvgIpc) is 2.40. The number of hydrogen-bond acceptors (Lipinski definition) is 4. The summed E-state index contributed by atoms with van der Waals surface area (Å²) in [6.45, 7) is 3.60. The highest BCUT2D eigenvalue weighted by Gasteiger charge is 2.12. The minimum atomic E-state index is -0.590. The molecular formula is C13H13BrF2N4. The molecule has 1 aromatic heterocycles. The molecule has 0 saturated heterocycles. The topological polar surface area (TPSA) is 63.8 Å². The van der Waals surface area contributed by atoms with Crippen LogP contribution >= 0.6 is 15.9 Å². The van der Waals surface area contributed by atoms with Crippen LogP contribution in [0.1, 0.15) is 18.3 Å². The monoisotopic (exact) mass is 342 g/mol. The van der Waals surface area contributed by atoms with E-state index < -0.39 is 11.6 Å². The number of nitrogens with one attached hydrogen (secondary N) is 1. The van der Waals surface area contributed by atoms with Crippen LogP contribution in [0.4, 0.5) is 26.1 Å². The molecule has 0 saturated carbocycles. The summed E-state index contributed by atoms with van der Waals surface area (Å²) in [5.74, 6) is 0.0677. The number of rotatable bonds is 3. The Morgan fingerprint density at radius 2 is 1.95 bits per heavy atom. The van der Waals surface area contributed by atoms with Gasteiger partial charge in [0.05, 0.1) is 10.2 Å². The molecule has 0 atom stereocenters. The average molecular weight is 343 g/mol. The molecule has 0 bridgehead atoms. The lowest BCUT2D eigenvalue weighted by Crippen LogP contribution is -2.07. The van der Waals surface area contributed by atoms with E-state index in [-0.39, 0.29) is 10.2 Å². The van der Waals surface area contributed by atoms with Crippen molar-refractivity contribution in [3.63, 3.8) is 0 Å². The summed E-state index contributed by atoms with van der Waals surface area (Å²) in [6.07, 6.45) is 0.594. The lowest BCUT2D eigenvalue weighted by atomic mass is 10.2. The van der Waals surface area contributed by atoms with E-state index in [2.05, 4.69) is 31.2 Å². The number of nitrogens with two attached hydrogens (primary N) is 1. The summed E-state index contributed by atoms with van der Waals surface area (Å²) in [4.78, 5) is 8.34. The van der Waals surface area contributed by atoms with Gasteiger partial charge < -0.3 is 11.1 Å². The minimum Gasteiger partial charge on any atom is -0.383 e. The van der Waals surface area contributed by atoms with E-state index in [0.29, 0.717) is 29.4 Å². The number of anilines is 3. The van der Waals surface area contributed by atoms with E-state index in [1.807, 2.05) is 6.92 Å². The second-order valence-corrected chi connectivity index (χ2v) is 5.08. The largest absolute Gasteiger partial charge is 0.383 e. The maximum Gasteiger partial charge on any atom is 0.148 e. The summed E-state index contributed by atoms with van der Waals surface area (Å²) in [7, 11) is 0. The van der Waals surface area contributed by atoms with E-state index in [1.54, 1.807) is 6.92 Å². The Hall–Kier alpha value is -1.76. The van der Waals surface area contributed by atoms with Gasteiger partial charge in [-0.3, -0.25) is 0 Å². The molecule has 0 amide bonds. The van der Waals surface area contributed by atoms with Crippen molar-refractivity contribution < 1.29 is 8.78 Å². The number of aromatic nitrogens is 2. The number of nitrogen functional groups attached to an aromatic ring is 1. The van der Waals surface area contributed by atoms with Gasteiger partial charge in [0, 0.05) is 18.1 Å². The molecule has 0 aliphatic rings. The van der Waals surface area contributed by atoms with Crippen molar-refractivity contribution in [2.75, 3.05) is 11.1 Å². The minimum absolute atomic E-state index is 0.00560. The van der Waals surface area contributed by atoms with Gasteiger partial charge in [-0.15, -0.1) is 0 Å². The lowest BCUT2D eigenvalue weighted by molar-refractivity contribution is 0.597. The van der Waals surface area contributed by atoms with Gasteiger partial charge in [0.2, 0.25) is 0 Å². The van der Waals surface area contributed by atoms with Gasteiger partial charge in [-0.05, 0) is 28.9 Å². The second kappa shape index (κ2) is 5.70. The molecule has 2 rings (SSSR count). The van der Waals surface area contributed by atoms with Crippen LogP contribution in [-0.4, -0.2) is 9.97 Å². The molecule has 1 aromatic carbocycles. The van der Waals surface area contributed by atoms with Gasteiger partial charge in [0.25, 0.3) is 0 Å². The van der Waals surface area contributed by atoms with Crippen molar-refractivity contribution in [1.82, 2.24) is 9.97 Å². The third kappa shape index (κ3) is 2.87. The number of hydrogen-bond donors (Lipinski definition) is 2. The smallest absolute Gasteiger partial charge is 0.148 e.